The lowest BCUT2D eigenvalue weighted by Gasteiger charge is -2.29. The van der Waals surface area contributed by atoms with Crippen molar-refractivity contribution >= 4 is 23.2 Å². The number of aromatic nitrogens is 3. The molecule has 1 fully saturated rings. The first-order chi connectivity index (χ1) is 16.4. The number of carbonyl (C=O) groups excluding carboxylic acids is 1. The average Bonchev–Trinajstić information content (AvgIpc) is 3.26. The largest absolute Gasteiger partial charge is 0.348 e. The van der Waals surface area contributed by atoms with E-state index >= 15 is 0 Å². The molecule has 174 valence electrons. The second-order valence-corrected chi connectivity index (χ2v) is 8.89. The molecule has 34 heavy (non-hydrogen) atoms. The Kier molecular flexibility index (Phi) is 6.02. The van der Waals surface area contributed by atoms with Crippen molar-refractivity contribution in [2.24, 2.45) is 0 Å². The van der Waals surface area contributed by atoms with Gasteiger partial charge in [-0.2, -0.15) is 0 Å². The van der Waals surface area contributed by atoms with Crippen molar-refractivity contribution in [3.63, 3.8) is 0 Å². The van der Waals surface area contributed by atoms with E-state index in [4.69, 9.17) is 11.6 Å². The zero-order chi connectivity index (χ0) is 23.8. The van der Waals surface area contributed by atoms with E-state index in [0.717, 1.165) is 32.0 Å². The summed E-state index contributed by atoms with van der Waals surface area (Å²) < 4.78 is 30.0. The van der Waals surface area contributed by atoms with E-state index in [0.29, 0.717) is 28.2 Å². The lowest BCUT2D eigenvalue weighted by atomic mass is 10.00. The van der Waals surface area contributed by atoms with Crippen LogP contribution in [-0.2, 0) is 0 Å². The molecule has 1 amide bonds. The van der Waals surface area contributed by atoms with Gasteiger partial charge in [-0.3, -0.25) is 14.2 Å². The van der Waals surface area contributed by atoms with Crippen LogP contribution < -0.4 is 5.32 Å². The van der Waals surface area contributed by atoms with E-state index in [9.17, 15) is 13.6 Å². The maximum Gasteiger partial charge on any atom is 0.270 e. The molecule has 5 rings (SSSR count). The first kappa shape index (κ1) is 22.4. The normalized spacial score (nSPS) is 15.1. The Morgan fingerprint density at radius 3 is 2.68 bits per heavy atom. The lowest BCUT2D eigenvalue weighted by Crippen LogP contribution is -2.43. The zero-order valence-corrected chi connectivity index (χ0v) is 19.2. The Hall–Kier alpha value is -3.36. The Labute approximate surface area is 200 Å². The number of rotatable bonds is 4. The number of hydrogen-bond acceptors (Lipinski definition) is 4. The highest BCUT2D eigenvalue weighted by Crippen LogP contribution is 2.34. The third-order valence-corrected chi connectivity index (χ3v) is 6.47. The smallest absolute Gasteiger partial charge is 0.270 e. The summed E-state index contributed by atoms with van der Waals surface area (Å²) in [5.41, 5.74) is 2.74. The Balaban J connectivity index is 1.52. The Morgan fingerprint density at radius 1 is 1.09 bits per heavy atom. The van der Waals surface area contributed by atoms with Gasteiger partial charge in [-0.1, -0.05) is 17.7 Å². The summed E-state index contributed by atoms with van der Waals surface area (Å²) in [6.07, 6.45) is 6.65. The number of benzene rings is 1. The molecule has 4 aromatic rings. The molecule has 3 aromatic heterocycles. The van der Waals surface area contributed by atoms with Crippen molar-refractivity contribution in [2.45, 2.75) is 18.9 Å². The number of carbonyl (C=O) groups is 1. The number of piperidine rings is 1. The molecule has 1 aliphatic heterocycles. The minimum Gasteiger partial charge on any atom is -0.348 e. The van der Waals surface area contributed by atoms with Gasteiger partial charge in [0.05, 0.1) is 16.9 Å². The van der Waals surface area contributed by atoms with Gasteiger partial charge in [0, 0.05) is 41.2 Å². The van der Waals surface area contributed by atoms with Crippen LogP contribution in [0.1, 0.15) is 23.3 Å². The summed E-state index contributed by atoms with van der Waals surface area (Å²) in [4.78, 5) is 24.0. The molecule has 1 aliphatic rings. The van der Waals surface area contributed by atoms with Crippen LogP contribution in [0.15, 0.2) is 55.0 Å². The highest BCUT2D eigenvalue weighted by Gasteiger charge is 2.22. The van der Waals surface area contributed by atoms with Gasteiger partial charge in [0.15, 0.2) is 0 Å². The molecule has 9 heteroatoms. The third-order valence-electron chi connectivity index (χ3n) is 6.18. The fraction of sp³-hybridized carbons (Fsp3) is 0.240. The van der Waals surface area contributed by atoms with E-state index in [1.807, 2.05) is 6.07 Å². The minimum absolute atomic E-state index is 0.0907. The fourth-order valence-corrected chi connectivity index (χ4v) is 4.44. The van der Waals surface area contributed by atoms with Gasteiger partial charge in [0.1, 0.15) is 23.0 Å². The molecule has 1 saturated heterocycles. The monoisotopic (exact) mass is 481 g/mol. The zero-order valence-electron chi connectivity index (χ0n) is 18.4. The standard InChI is InChI=1S/C25H22ClF2N5O/c1-32-9-6-16(7-10-32)31-25(34)22-13-30-23-5-4-15(14-33(22)23)17-3-2-8-29-24(17)18-11-19(26)21(28)12-20(18)27/h2-5,8,11-14,16H,6-7,9-10H2,1H3,(H,31,34). The number of hydrogen-bond donors (Lipinski definition) is 1. The van der Waals surface area contributed by atoms with Crippen LogP contribution in [0.5, 0.6) is 0 Å². The van der Waals surface area contributed by atoms with E-state index in [1.54, 1.807) is 35.0 Å². The second-order valence-electron chi connectivity index (χ2n) is 8.49. The number of nitrogens with one attached hydrogen (secondary N) is 1. The van der Waals surface area contributed by atoms with Gasteiger partial charge in [-0.15, -0.1) is 0 Å². The van der Waals surface area contributed by atoms with Crippen LogP contribution >= 0.6 is 11.6 Å². The number of amides is 1. The summed E-state index contributed by atoms with van der Waals surface area (Å²) in [6, 6.07) is 9.23. The van der Waals surface area contributed by atoms with E-state index in [-0.39, 0.29) is 22.5 Å². The molecule has 6 nitrogen and oxygen atoms in total. The van der Waals surface area contributed by atoms with Crippen LogP contribution in [0.3, 0.4) is 0 Å². The van der Waals surface area contributed by atoms with E-state index in [1.165, 1.54) is 12.3 Å². The first-order valence-electron chi connectivity index (χ1n) is 11.0. The lowest BCUT2D eigenvalue weighted by molar-refractivity contribution is 0.0911. The van der Waals surface area contributed by atoms with Crippen molar-refractivity contribution in [2.75, 3.05) is 20.1 Å². The van der Waals surface area contributed by atoms with Crippen molar-refractivity contribution in [1.82, 2.24) is 24.6 Å². The molecule has 0 aliphatic carbocycles. The first-order valence-corrected chi connectivity index (χ1v) is 11.4. The minimum atomic E-state index is -0.833. The third kappa shape index (κ3) is 4.26. The SMILES string of the molecule is CN1CCC(NC(=O)c2cnc3ccc(-c4cccnc4-c4cc(Cl)c(F)cc4F)cn23)CC1. The molecule has 1 N–H and O–H groups in total. The van der Waals surface area contributed by atoms with Crippen LogP contribution in [0.4, 0.5) is 8.78 Å². The summed E-state index contributed by atoms with van der Waals surface area (Å²) in [6.45, 7) is 1.88. The number of imidazole rings is 1. The summed E-state index contributed by atoms with van der Waals surface area (Å²) >= 11 is 5.91. The van der Waals surface area contributed by atoms with Gasteiger partial charge in [-0.25, -0.2) is 13.8 Å². The molecule has 0 unspecified atom stereocenters. The molecule has 0 radical (unpaired) electrons. The van der Waals surface area contributed by atoms with Gasteiger partial charge in [0.2, 0.25) is 0 Å². The van der Waals surface area contributed by atoms with Crippen LogP contribution in [0.25, 0.3) is 28.0 Å². The van der Waals surface area contributed by atoms with Gasteiger partial charge in [0.25, 0.3) is 5.91 Å². The number of likely N-dealkylation sites (tertiary alicyclic amines) is 1. The fourth-order valence-electron chi connectivity index (χ4n) is 4.28. The number of nitrogens with zero attached hydrogens (tertiary/aromatic N) is 4. The van der Waals surface area contributed by atoms with Crippen molar-refractivity contribution < 1.29 is 13.6 Å². The molecule has 4 heterocycles. The Morgan fingerprint density at radius 2 is 1.88 bits per heavy atom. The summed E-state index contributed by atoms with van der Waals surface area (Å²) in [5, 5.41) is 2.92. The Bertz CT molecular complexity index is 1380. The predicted molar refractivity (Wildman–Crippen MR) is 127 cm³/mol. The van der Waals surface area contributed by atoms with E-state index in [2.05, 4.69) is 27.2 Å². The summed E-state index contributed by atoms with van der Waals surface area (Å²) in [5.74, 6) is -1.79. The van der Waals surface area contributed by atoms with Gasteiger partial charge < -0.3 is 10.2 Å². The maximum atomic E-state index is 14.6. The molecule has 0 saturated carbocycles. The van der Waals surface area contributed by atoms with Crippen LogP contribution in [0, 0.1) is 11.6 Å². The van der Waals surface area contributed by atoms with E-state index < -0.39 is 11.6 Å². The molecular weight excluding hydrogens is 460 g/mol. The van der Waals surface area contributed by atoms with Gasteiger partial charge in [-0.05, 0) is 57.2 Å². The molecule has 0 spiro atoms. The second kappa shape index (κ2) is 9.12. The molecule has 1 aromatic carbocycles. The number of fused-ring (bicyclic) bond motifs is 1. The molecule has 0 atom stereocenters. The highest BCUT2D eigenvalue weighted by molar-refractivity contribution is 6.31. The maximum absolute atomic E-state index is 14.6. The predicted octanol–water partition coefficient (Wildman–Crippen LogP) is 4.82. The van der Waals surface area contributed by atoms with Gasteiger partial charge >= 0.3 is 0 Å². The van der Waals surface area contributed by atoms with Crippen molar-refractivity contribution in [3.05, 3.63) is 77.3 Å². The molecule has 0 bridgehead atoms. The van der Waals surface area contributed by atoms with Crippen LogP contribution in [0.2, 0.25) is 5.02 Å². The summed E-state index contributed by atoms with van der Waals surface area (Å²) in [7, 11) is 2.07. The van der Waals surface area contributed by atoms with Crippen LogP contribution in [-0.4, -0.2) is 51.4 Å². The quantitative estimate of drug-likeness (QED) is 0.424. The number of halogens is 3. The molecular formula is C25H22ClF2N5O. The highest BCUT2D eigenvalue weighted by atomic mass is 35.5. The number of pyridine rings is 2. The van der Waals surface area contributed by atoms with Crippen molar-refractivity contribution in [1.29, 1.82) is 0 Å². The topological polar surface area (TPSA) is 62.5 Å². The average molecular weight is 482 g/mol. The van der Waals surface area contributed by atoms with Crippen molar-refractivity contribution in [3.8, 4) is 22.4 Å².